The molecule has 1 aliphatic heterocycles. The van der Waals surface area contributed by atoms with Crippen LogP contribution in [0.1, 0.15) is 11.1 Å². The average Bonchev–Trinajstić information content (AvgIpc) is 2.53. The van der Waals surface area contributed by atoms with Crippen LogP contribution in [0.4, 0.5) is 0 Å². The van der Waals surface area contributed by atoms with E-state index in [1.807, 2.05) is 0 Å². The maximum absolute atomic E-state index is 10.6. The first-order valence-corrected chi connectivity index (χ1v) is 8.19. The van der Waals surface area contributed by atoms with Gasteiger partial charge in [-0.05, 0) is 11.1 Å². The molecule has 0 amide bonds. The van der Waals surface area contributed by atoms with Crippen molar-refractivity contribution in [2.24, 2.45) is 0 Å². The third-order valence-corrected chi connectivity index (χ3v) is 4.86. The standard InChI is InChI=1S/C15H20O7S/c16-6-10-12(19)13(20)14(21)15(22-10)23-7-9-3-1-8(2-4-9)5-11(17)18/h1-4,10,12-16,19-21H,5-7H2,(H,17,18)/t10-,12-,13+,14-,15+/m1/s1. The lowest BCUT2D eigenvalue weighted by Gasteiger charge is -2.39. The van der Waals surface area contributed by atoms with Gasteiger partial charge < -0.3 is 30.3 Å². The van der Waals surface area contributed by atoms with Crippen LogP contribution in [0, 0.1) is 0 Å². The highest BCUT2D eigenvalue weighted by Gasteiger charge is 2.43. The van der Waals surface area contributed by atoms with Crippen LogP contribution < -0.4 is 0 Å². The first kappa shape index (κ1) is 18.2. The van der Waals surface area contributed by atoms with E-state index in [-0.39, 0.29) is 6.42 Å². The number of ether oxygens (including phenoxy) is 1. The van der Waals surface area contributed by atoms with Gasteiger partial charge in [0.15, 0.2) is 0 Å². The predicted molar refractivity (Wildman–Crippen MR) is 82.8 cm³/mol. The van der Waals surface area contributed by atoms with Crippen LogP contribution in [0.2, 0.25) is 0 Å². The molecule has 1 aromatic rings. The summed E-state index contributed by atoms with van der Waals surface area (Å²) < 4.78 is 5.40. The van der Waals surface area contributed by atoms with E-state index in [2.05, 4.69) is 0 Å². The van der Waals surface area contributed by atoms with E-state index in [1.54, 1.807) is 24.3 Å². The number of aliphatic carboxylic acids is 1. The van der Waals surface area contributed by atoms with Gasteiger partial charge in [0.05, 0.1) is 13.0 Å². The number of hydrogen-bond acceptors (Lipinski definition) is 7. The fourth-order valence-electron chi connectivity index (χ4n) is 2.31. The van der Waals surface area contributed by atoms with Gasteiger partial charge in [0.2, 0.25) is 0 Å². The van der Waals surface area contributed by atoms with E-state index in [0.29, 0.717) is 11.3 Å². The van der Waals surface area contributed by atoms with Crippen molar-refractivity contribution in [2.75, 3.05) is 6.61 Å². The second-order valence-electron chi connectivity index (χ2n) is 5.40. The number of thioether (sulfide) groups is 1. The second-order valence-corrected chi connectivity index (χ2v) is 6.48. The fourth-order valence-corrected chi connectivity index (χ4v) is 3.44. The predicted octanol–water partition coefficient (Wildman–Crippen LogP) is -0.653. The molecule has 1 aromatic carbocycles. The summed E-state index contributed by atoms with van der Waals surface area (Å²) in [5.74, 6) is -0.427. The Labute approximate surface area is 137 Å². The van der Waals surface area contributed by atoms with Crippen molar-refractivity contribution >= 4 is 17.7 Å². The van der Waals surface area contributed by atoms with Crippen molar-refractivity contribution < 1.29 is 35.1 Å². The van der Waals surface area contributed by atoms with Gasteiger partial charge in [0.1, 0.15) is 29.9 Å². The van der Waals surface area contributed by atoms with Crippen molar-refractivity contribution in [3.63, 3.8) is 0 Å². The number of carboxylic acids is 1. The summed E-state index contributed by atoms with van der Waals surface area (Å²) in [6.45, 7) is -0.452. The molecular weight excluding hydrogens is 324 g/mol. The zero-order valence-electron chi connectivity index (χ0n) is 12.3. The highest BCUT2D eigenvalue weighted by molar-refractivity contribution is 7.99. The number of carboxylic acid groups (broad SMARTS) is 1. The van der Waals surface area contributed by atoms with Crippen LogP contribution in [-0.2, 0) is 21.7 Å². The van der Waals surface area contributed by atoms with Crippen molar-refractivity contribution in [3.8, 4) is 0 Å². The Morgan fingerprint density at radius 2 is 1.65 bits per heavy atom. The molecule has 1 saturated heterocycles. The van der Waals surface area contributed by atoms with E-state index in [1.165, 1.54) is 11.8 Å². The molecule has 23 heavy (non-hydrogen) atoms. The lowest BCUT2D eigenvalue weighted by atomic mass is 10.0. The Morgan fingerprint density at radius 3 is 2.22 bits per heavy atom. The normalized spacial score (nSPS) is 31.0. The maximum atomic E-state index is 10.6. The van der Waals surface area contributed by atoms with Gasteiger partial charge in [-0.2, -0.15) is 0 Å². The third-order valence-electron chi connectivity index (χ3n) is 3.64. The Kier molecular flexibility index (Phi) is 6.40. The molecule has 0 unspecified atom stereocenters. The summed E-state index contributed by atoms with van der Waals surface area (Å²) >= 11 is 1.23. The number of aliphatic hydroxyl groups is 4. The number of aliphatic hydroxyl groups excluding tert-OH is 4. The Bertz CT molecular complexity index is 519. The van der Waals surface area contributed by atoms with Crippen LogP contribution in [0.3, 0.4) is 0 Å². The molecular formula is C15H20O7S. The Balaban J connectivity index is 1.93. The highest BCUT2D eigenvalue weighted by Crippen LogP contribution is 2.30. The lowest BCUT2D eigenvalue weighted by molar-refractivity contribution is -0.205. The molecule has 1 fully saturated rings. The Hall–Kier alpha value is -1.16. The van der Waals surface area contributed by atoms with Gasteiger partial charge in [-0.1, -0.05) is 24.3 Å². The zero-order valence-corrected chi connectivity index (χ0v) is 13.1. The van der Waals surface area contributed by atoms with Crippen LogP contribution in [0.15, 0.2) is 24.3 Å². The second kappa shape index (κ2) is 8.09. The van der Waals surface area contributed by atoms with Crippen LogP contribution in [-0.4, -0.2) is 68.0 Å². The van der Waals surface area contributed by atoms with Crippen molar-refractivity contribution in [3.05, 3.63) is 35.4 Å². The molecule has 7 nitrogen and oxygen atoms in total. The van der Waals surface area contributed by atoms with Gasteiger partial charge in [-0.15, -0.1) is 11.8 Å². The minimum absolute atomic E-state index is 0.0415. The van der Waals surface area contributed by atoms with E-state index >= 15 is 0 Å². The van der Waals surface area contributed by atoms with Gasteiger partial charge >= 0.3 is 5.97 Å². The van der Waals surface area contributed by atoms with Gasteiger partial charge in [0.25, 0.3) is 0 Å². The molecule has 0 aromatic heterocycles. The molecule has 1 aliphatic rings. The maximum Gasteiger partial charge on any atom is 0.307 e. The van der Waals surface area contributed by atoms with Gasteiger partial charge in [-0.3, -0.25) is 4.79 Å². The molecule has 128 valence electrons. The molecule has 1 heterocycles. The summed E-state index contributed by atoms with van der Waals surface area (Å²) in [7, 11) is 0. The molecule has 5 atom stereocenters. The smallest absolute Gasteiger partial charge is 0.307 e. The quantitative estimate of drug-likeness (QED) is 0.460. The molecule has 0 bridgehead atoms. The highest BCUT2D eigenvalue weighted by atomic mass is 32.2. The largest absolute Gasteiger partial charge is 0.481 e. The summed E-state index contributed by atoms with van der Waals surface area (Å²) in [5.41, 5.74) is 0.824. The van der Waals surface area contributed by atoms with E-state index in [9.17, 15) is 20.1 Å². The van der Waals surface area contributed by atoms with E-state index < -0.39 is 42.4 Å². The van der Waals surface area contributed by atoms with Gasteiger partial charge in [-0.25, -0.2) is 0 Å². The summed E-state index contributed by atoms with van der Waals surface area (Å²) in [6.07, 6.45) is -4.95. The van der Waals surface area contributed by atoms with E-state index in [4.69, 9.17) is 14.9 Å². The summed E-state index contributed by atoms with van der Waals surface area (Å²) in [6, 6.07) is 7.01. The van der Waals surface area contributed by atoms with Crippen molar-refractivity contribution in [1.82, 2.24) is 0 Å². The average molecular weight is 344 g/mol. The van der Waals surface area contributed by atoms with E-state index in [0.717, 1.165) is 5.56 Å². The molecule has 0 radical (unpaired) electrons. The van der Waals surface area contributed by atoms with Crippen LogP contribution in [0.25, 0.3) is 0 Å². The first-order chi connectivity index (χ1) is 10.9. The van der Waals surface area contributed by atoms with Crippen LogP contribution >= 0.6 is 11.8 Å². The SMILES string of the molecule is O=C(O)Cc1ccc(CS[C@@H]2O[C@H](CO)[C@@H](O)[C@H](O)[C@H]2O)cc1. The molecule has 0 saturated carbocycles. The van der Waals surface area contributed by atoms with Crippen LogP contribution in [0.5, 0.6) is 0 Å². The topological polar surface area (TPSA) is 127 Å². The summed E-state index contributed by atoms with van der Waals surface area (Å²) in [5, 5.41) is 47.2. The molecule has 2 rings (SSSR count). The van der Waals surface area contributed by atoms with Crippen molar-refractivity contribution in [1.29, 1.82) is 0 Å². The summed E-state index contributed by atoms with van der Waals surface area (Å²) in [4.78, 5) is 10.6. The number of hydrogen-bond donors (Lipinski definition) is 5. The fraction of sp³-hybridized carbons (Fsp3) is 0.533. The lowest BCUT2D eigenvalue weighted by Crippen LogP contribution is -2.57. The monoisotopic (exact) mass is 344 g/mol. The minimum atomic E-state index is -1.38. The number of carbonyl (C=O) groups is 1. The molecule has 5 N–H and O–H groups in total. The number of benzene rings is 1. The molecule has 0 spiro atoms. The minimum Gasteiger partial charge on any atom is -0.481 e. The van der Waals surface area contributed by atoms with Gasteiger partial charge in [0, 0.05) is 5.75 Å². The third kappa shape index (κ3) is 4.66. The zero-order chi connectivity index (χ0) is 17.0. The van der Waals surface area contributed by atoms with Crippen molar-refractivity contribution in [2.45, 2.75) is 42.0 Å². The molecule has 0 aliphatic carbocycles. The number of rotatable bonds is 6. The molecule has 8 heteroatoms. The Morgan fingerprint density at radius 1 is 1.04 bits per heavy atom. The first-order valence-electron chi connectivity index (χ1n) is 7.14.